The number of rotatable bonds is 5. The molecule has 1 saturated heterocycles. The molecule has 0 bridgehead atoms. The fourth-order valence-corrected chi connectivity index (χ4v) is 4.07. The second-order valence-electron chi connectivity index (χ2n) is 13.5. The van der Waals surface area contributed by atoms with E-state index in [0.717, 1.165) is 21.1 Å². The van der Waals surface area contributed by atoms with Crippen molar-refractivity contribution in [1.29, 1.82) is 0 Å². The van der Waals surface area contributed by atoms with Crippen molar-refractivity contribution in [3.8, 4) is 0 Å². The molecule has 1 aliphatic heterocycles. The van der Waals surface area contributed by atoms with Crippen molar-refractivity contribution < 1.29 is 28.4 Å². The molecule has 2 amide bonds. The van der Waals surface area contributed by atoms with E-state index in [-0.39, 0.29) is 30.4 Å². The van der Waals surface area contributed by atoms with E-state index < -0.39 is 23.4 Å². The third kappa shape index (κ3) is 11.3. The number of benzene rings is 2. The minimum atomic E-state index is -0.510. The minimum absolute atomic E-state index is 0.0713. The van der Waals surface area contributed by atoms with Gasteiger partial charge in [0.1, 0.15) is 11.2 Å². The first kappa shape index (κ1) is 35.6. The lowest BCUT2D eigenvalue weighted by Gasteiger charge is -2.32. The molecule has 232 valence electrons. The van der Waals surface area contributed by atoms with Crippen LogP contribution in [0.4, 0.5) is 9.59 Å². The van der Waals surface area contributed by atoms with Gasteiger partial charge >= 0.3 is 19.3 Å². The van der Waals surface area contributed by atoms with Crippen LogP contribution in [-0.4, -0.2) is 41.7 Å². The lowest BCUT2D eigenvalue weighted by atomic mass is 9.78. The number of amides is 2. The maximum Gasteiger partial charge on any atom is 0.494 e. The highest BCUT2D eigenvalue weighted by atomic mass is 79.9. The molecule has 1 aliphatic rings. The van der Waals surface area contributed by atoms with Crippen LogP contribution in [0.3, 0.4) is 0 Å². The van der Waals surface area contributed by atoms with Crippen molar-refractivity contribution in [2.24, 2.45) is 0 Å². The number of alkyl carbamates (subject to hydrolysis) is 2. The fraction of sp³-hybridized carbons (Fsp3) is 0.562. The number of hydrogen-bond acceptors (Lipinski definition) is 6. The number of nitrogens with one attached hydrogen (secondary N) is 2. The van der Waals surface area contributed by atoms with E-state index in [1.807, 2.05) is 132 Å². The second-order valence-corrected chi connectivity index (χ2v) is 14.5. The van der Waals surface area contributed by atoms with E-state index >= 15 is 0 Å². The molecule has 0 aromatic heterocycles. The Bertz CT molecular complexity index is 1170. The summed E-state index contributed by atoms with van der Waals surface area (Å²) in [4.78, 5) is 23.5. The molecule has 1 fully saturated rings. The molecule has 2 N–H and O–H groups in total. The molecule has 0 unspecified atom stereocenters. The average molecular weight is 647 g/mol. The van der Waals surface area contributed by atoms with Gasteiger partial charge in [0, 0.05) is 4.47 Å². The Morgan fingerprint density at radius 3 is 1.38 bits per heavy atom. The van der Waals surface area contributed by atoms with Gasteiger partial charge in [0.2, 0.25) is 0 Å². The lowest BCUT2D eigenvalue weighted by molar-refractivity contribution is 0.00578. The predicted octanol–water partition coefficient (Wildman–Crippen LogP) is 7.61. The highest BCUT2D eigenvalue weighted by molar-refractivity contribution is 9.10. The SMILES string of the molecule is C[C@@H](NC(=O)OC(C)(C)C)c1ccc(B2OC(C)(C)C(C)(C)O2)cc1.C[C@@H](NC(=O)OC(C)(C)C)c1ccc(Br)cc1. The Hall–Kier alpha value is -2.56. The number of ether oxygens (including phenoxy) is 2. The summed E-state index contributed by atoms with van der Waals surface area (Å²) in [6.07, 6.45) is -0.817. The third-order valence-electron chi connectivity index (χ3n) is 6.80. The molecule has 8 nitrogen and oxygen atoms in total. The summed E-state index contributed by atoms with van der Waals surface area (Å²) in [6.45, 7) is 23.1. The molecule has 10 heteroatoms. The zero-order valence-electron chi connectivity index (χ0n) is 27.2. The molecule has 1 heterocycles. The van der Waals surface area contributed by atoms with Gasteiger partial charge in [-0.3, -0.25) is 0 Å². The Kier molecular flexibility index (Phi) is 11.7. The summed E-state index contributed by atoms with van der Waals surface area (Å²) in [5, 5.41) is 5.64. The first-order chi connectivity index (χ1) is 19.1. The predicted molar refractivity (Wildman–Crippen MR) is 172 cm³/mol. The van der Waals surface area contributed by atoms with E-state index in [9.17, 15) is 9.59 Å². The first-order valence-corrected chi connectivity index (χ1v) is 15.1. The van der Waals surface area contributed by atoms with Gasteiger partial charge in [-0.1, -0.05) is 52.3 Å². The molecule has 2 atom stereocenters. The Morgan fingerprint density at radius 1 is 0.714 bits per heavy atom. The maximum atomic E-state index is 11.9. The average Bonchev–Trinajstić information content (AvgIpc) is 3.04. The van der Waals surface area contributed by atoms with Gasteiger partial charge < -0.3 is 29.4 Å². The second kappa shape index (κ2) is 13.8. The van der Waals surface area contributed by atoms with Crippen molar-refractivity contribution in [3.05, 3.63) is 64.1 Å². The molecular weight excluding hydrogens is 599 g/mol. The van der Waals surface area contributed by atoms with E-state index in [0.29, 0.717) is 0 Å². The van der Waals surface area contributed by atoms with Crippen molar-refractivity contribution in [2.75, 3.05) is 0 Å². The Morgan fingerprint density at radius 2 is 1.05 bits per heavy atom. The van der Waals surface area contributed by atoms with Crippen LogP contribution in [0.1, 0.15) is 106 Å². The molecule has 0 saturated carbocycles. The van der Waals surface area contributed by atoms with E-state index in [4.69, 9.17) is 18.8 Å². The summed E-state index contributed by atoms with van der Waals surface area (Å²) in [5.74, 6) is 0. The molecule has 0 aliphatic carbocycles. The van der Waals surface area contributed by atoms with E-state index in [1.54, 1.807) is 0 Å². The van der Waals surface area contributed by atoms with Gasteiger partial charge in [-0.05, 0) is 112 Å². The topological polar surface area (TPSA) is 95.1 Å². The third-order valence-corrected chi connectivity index (χ3v) is 7.33. The molecular formula is C32H48BBrN2O6. The fourth-order valence-electron chi connectivity index (χ4n) is 3.81. The van der Waals surface area contributed by atoms with Crippen molar-refractivity contribution >= 4 is 40.7 Å². The quantitative estimate of drug-likeness (QED) is 0.325. The van der Waals surface area contributed by atoms with Gasteiger partial charge in [-0.25, -0.2) is 9.59 Å². The largest absolute Gasteiger partial charge is 0.494 e. The van der Waals surface area contributed by atoms with Crippen molar-refractivity contribution in [2.45, 2.75) is 118 Å². The van der Waals surface area contributed by atoms with E-state index in [2.05, 4.69) is 26.6 Å². The van der Waals surface area contributed by atoms with Crippen LogP contribution in [0.15, 0.2) is 53.0 Å². The maximum absolute atomic E-state index is 11.9. The zero-order valence-corrected chi connectivity index (χ0v) is 28.8. The molecule has 0 radical (unpaired) electrons. The van der Waals surface area contributed by atoms with Crippen LogP contribution in [-0.2, 0) is 18.8 Å². The molecule has 0 spiro atoms. The van der Waals surface area contributed by atoms with Crippen LogP contribution in [0.25, 0.3) is 0 Å². The summed E-state index contributed by atoms with van der Waals surface area (Å²) >= 11 is 3.37. The molecule has 2 aromatic carbocycles. The Balaban J connectivity index is 0.000000317. The summed E-state index contributed by atoms with van der Waals surface area (Å²) < 4.78 is 23.6. The van der Waals surface area contributed by atoms with Gasteiger partial charge in [-0.2, -0.15) is 0 Å². The minimum Gasteiger partial charge on any atom is -0.444 e. The standard InChI is InChI=1S/C19H30BNO4.C13H18BrNO2/c1-13(21-16(22)23-17(2,3)4)14-9-11-15(12-10-14)20-24-18(5,6)19(7,8)25-20;1-9(10-5-7-11(14)8-6-10)15-12(16)17-13(2,3)4/h9-13H,1-8H3,(H,21,22);5-9H,1-4H3,(H,15,16)/t13-;9-/m11/s1. The molecule has 3 rings (SSSR count). The monoisotopic (exact) mass is 646 g/mol. The number of carbonyl (C=O) groups excluding carboxylic acids is 2. The Labute approximate surface area is 260 Å². The first-order valence-electron chi connectivity index (χ1n) is 14.3. The van der Waals surface area contributed by atoms with E-state index in [1.165, 1.54) is 0 Å². The number of hydrogen-bond donors (Lipinski definition) is 2. The summed E-state index contributed by atoms with van der Waals surface area (Å²) in [7, 11) is -0.381. The summed E-state index contributed by atoms with van der Waals surface area (Å²) in [6, 6.07) is 15.5. The van der Waals surface area contributed by atoms with Crippen molar-refractivity contribution in [3.63, 3.8) is 0 Å². The van der Waals surface area contributed by atoms with Gasteiger partial charge in [0.15, 0.2) is 0 Å². The van der Waals surface area contributed by atoms with Crippen LogP contribution < -0.4 is 16.1 Å². The number of halogens is 1. The number of carbonyl (C=O) groups is 2. The smallest absolute Gasteiger partial charge is 0.444 e. The highest BCUT2D eigenvalue weighted by Gasteiger charge is 2.51. The summed E-state index contributed by atoms with van der Waals surface area (Å²) in [5.41, 5.74) is 1.30. The van der Waals surface area contributed by atoms with Gasteiger partial charge in [0.05, 0.1) is 23.3 Å². The van der Waals surface area contributed by atoms with Crippen LogP contribution >= 0.6 is 15.9 Å². The van der Waals surface area contributed by atoms with Crippen LogP contribution in [0, 0.1) is 0 Å². The van der Waals surface area contributed by atoms with Gasteiger partial charge in [-0.15, -0.1) is 0 Å². The lowest BCUT2D eigenvalue weighted by Crippen LogP contribution is -2.41. The van der Waals surface area contributed by atoms with Crippen molar-refractivity contribution in [1.82, 2.24) is 10.6 Å². The van der Waals surface area contributed by atoms with Gasteiger partial charge in [0.25, 0.3) is 0 Å². The normalized spacial score (nSPS) is 17.3. The molecule has 42 heavy (non-hydrogen) atoms. The van der Waals surface area contributed by atoms with Crippen LogP contribution in [0.2, 0.25) is 0 Å². The zero-order chi connectivity index (χ0) is 32.1. The molecule has 2 aromatic rings. The highest BCUT2D eigenvalue weighted by Crippen LogP contribution is 2.36. The van der Waals surface area contributed by atoms with Crippen LogP contribution in [0.5, 0.6) is 0 Å².